The van der Waals surface area contributed by atoms with Crippen LogP contribution < -0.4 is 5.32 Å². The molecule has 34 heavy (non-hydrogen) atoms. The Morgan fingerprint density at radius 2 is 1.68 bits per heavy atom. The highest BCUT2D eigenvalue weighted by Crippen LogP contribution is 2.23. The monoisotopic (exact) mass is 446 g/mol. The van der Waals surface area contributed by atoms with Crippen LogP contribution in [-0.4, -0.2) is 40.1 Å². The number of carbonyl (C=O) groups excluding carboxylic acids is 1. The molecule has 0 aliphatic carbocycles. The van der Waals surface area contributed by atoms with E-state index in [4.69, 9.17) is 5.10 Å². The predicted octanol–water partition coefficient (Wildman–Crippen LogP) is 4.06. The van der Waals surface area contributed by atoms with E-state index >= 15 is 0 Å². The summed E-state index contributed by atoms with van der Waals surface area (Å²) in [5.74, 6) is 0.432. The van der Waals surface area contributed by atoms with Crippen LogP contribution in [0.25, 0.3) is 33.9 Å². The summed E-state index contributed by atoms with van der Waals surface area (Å²) in [6, 6.07) is 20.7. The van der Waals surface area contributed by atoms with Crippen molar-refractivity contribution >= 4 is 22.9 Å². The van der Waals surface area contributed by atoms with Crippen molar-refractivity contribution in [2.75, 3.05) is 5.32 Å². The highest BCUT2D eigenvalue weighted by Gasteiger charge is 2.17. The number of anilines is 1. The number of aryl methyl sites for hydroxylation is 1. The minimum Gasteiger partial charge on any atom is -0.321 e. The zero-order valence-corrected chi connectivity index (χ0v) is 18.1. The first-order valence-corrected chi connectivity index (χ1v) is 10.7. The van der Waals surface area contributed by atoms with Gasteiger partial charge < -0.3 is 5.32 Å². The molecule has 9 heteroatoms. The normalized spacial score (nSPS) is 11.2. The second-order valence-electron chi connectivity index (χ2n) is 7.75. The fraction of sp³-hybridized carbons (Fsp3) is 0.0400. The largest absolute Gasteiger partial charge is 0.321 e. The minimum absolute atomic E-state index is 0.213. The molecule has 164 valence electrons. The minimum atomic E-state index is -0.213. The standard InChI is InChI=1S/C25H18N8O/c1-16-23(32-15-3-2-4-21(32)27-16)25(34)28-19-7-5-17(6-8-19)20-9-10-22-29-30-24(33(22)31-20)18-11-13-26-14-12-18/h2-15H,1H3,(H,28,34). The highest BCUT2D eigenvalue weighted by atomic mass is 16.2. The number of amides is 1. The summed E-state index contributed by atoms with van der Waals surface area (Å²) in [5, 5.41) is 16.2. The van der Waals surface area contributed by atoms with Gasteiger partial charge in [-0.1, -0.05) is 18.2 Å². The van der Waals surface area contributed by atoms with Gasteiger partial charge in [-0.3, -0.25) is 14.2 Å². The Balaban J connectivity index is 1.28. The van der Waals surface area contributed by atoms with E-state index < -0.39 is 0 Å². The number of pyridine rings is 2. The molecule has 0 aliphatic heterocycles. The van der Waals surface area contributed by atoms with E-state index in [2.05, 4.69) is 25.5 Å². The third-order valence-electron chi connectivity index (χ3n) is 5.56. The van der Waals surface area contributed by atoms with E-state index in [0.717, 1.165) is 22.5 Å². The molecular weight excluding hydrogens is 428 g/mol. The molecule has 1 aromatic carbocycles. The average Bonchev–Trinajstić information content (AvgIpc) is 3.44. The number of imidazole rings is 1. The van der Waals surface area contributed by atoms with E-state index in [1.807, 2.05) is 79.9 Å². The van der Waals surface area contributed by atoms with E-state index in [1.165, 1.54) is 0 Å². The van der Waals surface area contributed by atoms with Gasteiger partial charge in [-0.25, -0.2) is 4.98 Å². The Bertz CT molecular complexity index is 1650. The first kappa shape index (κ1) is 19.7. The summed E-state index contributed by atoms with van der Waals surface area (Å²) >= 11 is 0. The van der Waals surface area contributed by atoms with E-state index in [1.54, 1.807) is 21.3 Å². The third kappa shape index (κ3) is 3.36. The Morgan fingerprint density at radius 3 is 2.50 bits per heavy atom. The number of nitrogens with one attached hydrogen (secondary N) is 1. The van der Waals surface area contributed by atoms with Gasteiger partial charge in [0.2, 0.25) is 0 Å². The van der Waals surface area contributed by atoms with Crippen molar-refractivity contribution in [2.45, 2.75) is 6.92 Å². The van der Waals surface area contributed by atoms with Crippen molar-refractivity contribution in [1.29, 1.82) is 0 Å². The maximum absolute atomic E-state index is 12.9. The van der Waals surface area contributed by atoms with Gasteiger partial charge in [0.15, 0.2) is 11.5 Å². The molecule has 6 rings (SSSR count). The van der Waals surface area contributed by atoms with Gasteiger partial charge >= 0.3 is 0 Å². The molecule has 6 aromatic rings. The van der Waals surface area contributed by atoms with Crippen LogP contribution in [0.2, 0.25) is 0 Å². The Morgan fingerprint density at radius 1 is 0.853 bits per heavy atom. The van der Waals surface area contributed by atoms with Crippen LogP contribution in [0.5, 0.6) is 0 Å². The fourth-order valence-corrected chi connectivity index (χ4v) is 3.93. The van der Waals surface area contributed by atoms with Crippen molar-refractivity contribution in [3.05, 3.63) is 96.7 Å². The van der Waals surface area contributed by atoms with Crippen LogP contribution in [-0.2, 0) is 0 Å². The summed E-state index contributed by atoms with van der Waals surface area (Å²) < 4.78 is 3.51. The molecule has 9 nitrogen and oxygen atoms in total. The van der Waals surface area contributed by atoms with Crippen LogP contribution in [0.4, 0.5) is 5.69 Å². The quantitative estimate of drug-likeness (QED) is 0.438. The topological polar surface area (TPSA) is 102 Å². The van der Waals surface area contributed by atoms with Crippen molar-refractivity contribution in [2.24, 2.45) is 0 Å². The number of rotatable bonds is 4. The summed E-state index contributed by atoms with van der Waals surface area (Å²) in [7, 11) is 0. The van der Waals surface area contributed by atoms with Crippen molar-refractivity contribution in [3.63, 3.8) is 0 Å². The molecule has 0 bridgehead atoms. The van der Waals surface area contributed by atoms with E-state index in [0.29, 0.717) is 28.5 Å². The molecule has 1 N–H and O–H groups in total. The lowest BCUT2D eigenvalue weighted by molar-refractivity contribution is 0.102. The summed E-state index contributed by atoms with van der Waals surface area (Å²) in [6.07, 6.45) is 5.25. The molecule has 1 amide bonds. The molecule has 0 saturated heterocycles. The Labute approximate surface area is 193 Å². The summed E-state index contributed by atoms with van der Waals surface area (Å²) in [6.45, 7) is 1.83. The van der Waals surface area contributed by atoms with Crippen LogP contribution >= 0.6 is 0 Å². The SMILES string of the molecule is Cc1nc2ccccn2c1C(=O)Nc1ccc(-c2ccc3nnc(-c4ccncc4)n3n2)cc1. The lowest BCUT2D eigenvalue weighted by atomic mass is 10.1. The molecule has 0 saturated carbocycles. The van der Waals surface area contributed by atoms with Gasteiger partial charge in [-0.2, -0.15) is 9.61 Å². The van der Waals surface area contributed by atoms with Gasteiger partial charge in [-0.15, -0.1) is 10.2 Å². The van der Waals surface area contributed by atoms with Gasteiger partial charge in [0, 0.05) is 35.4 Å². The number of carbonyl (C=O) groups is 1. The second kappa shape index (κ2) is 7.89. The van der Waals surface area contributed by atoms with Gasteiger partial charge in [0.05, 0.1) is 11.4 Å². The number of hydrogen-bond donors (Lipinski definition) is 1. The summed E-state index contributed by atoms with van der Waals surface area (Å²) in [4.78, 5) is 21.5. The summed E-state index contributed by atoms with van der Waals surface area (Å²) in [5.41, 5.74) is 5.82. The zero-order valence-electron chi connectivity index (χ0n) is 18.1. The van der Waals surface area contributed by atoms with Crippen LogP contribution in [0.1, 0.15) is 16.2 Å². The fourth-order valence-electron chi connectivity index (χ4n) is 3.93. The van der Waals surface area contributed by atoms with Crippen molar-refractivity contribution < 1.29 is 4.79 Å². The smallest absolute Gasteiger partial charge is 0.274 e. The van der Waals surface area contributed by atoms with Crippen molar-refractivity contribution in [1.82, 2.24) is 34.2 Å². The molecule has 0 aliphatic rings. The number of nitrogens with zero attached hydrogens (tertiary/aromatic N) is 7. The third-order valence-corrected chi connectivity index (χ3v) is 5.56. The van der Waals surface area contributed by atoms with Crippen LogP contribution in [0.15, 0.2) is 85.3 Å². The number of fused-ring (bicyclic) bond motifs is 2. The maximum Gasteiger partial charge on any atom is 0.274 e. The van der Waals surface area contributed by atoms with Gasteiger partial charge in [0.25, 0.3) is 5.91 Å². The number of aromatic nitrogens is 7. The predicted molar refractivity (Wildman–Crippen MR) is 127 cm³/mol. The number of hydrogen-bond acceptors (Lipinski definition) is 6. The van der Waals surface area contributed by atoms with Crippen molar-refractivity contribution in [3.8, 4) is 22.6 Å². The average molecular weight is 446 g/mol. The first-order chi connectivity index (χ1) is 16.7. The maximum atomic E-state index is 12.9. The molecule has 0 spiro atoms. The number of benzene rings is 1. The highest BCUT2D eigenvalue weighted by molar-refractivity contribution is 6.04. The van der Waals surface area contributed by atoms with E-state index in [-0.39, 0.29) is 5.91 Å². The second-order valence-corrected chi connectivity index (χ2v) is 7.75. The van der Waals surface area contributed by atoms with Crippen LogP contribution in [0.3, 0.4) is 0 Å². The molecule has 5 heterocycles. The van der Waals surface area contributed by atoms with E-state index in [9.17, 15) is 4.79 Å². The molecule has 0 unspecified atom stereocenters. The van der Waals surface area contributed by atoms with Gasteiger partial charge in [0.1, 0.15) is 11.3 Å². The van der Waals surface area contributed by atoms with Crippen LogP contribution in [0, 0.1) is 6.92 Å². The molecule has 0 fully saturated rings. The lowest BCUT2D eigenvalue weighted by Crippen LogP contribution is -2.15. The Kier molecular flexibility index (Phi) is 4.58. The Hall–Kier alpha value is -4.92. The molecular formula is C25H18N8O. The lowest BCUT2D eigenvalue weighted by Gasteiger charge is -2.08. The van der Waals surface area contributed by atoms with Gasteiger partial charge in [-0.05, 0) is 55.5 Å². The first-order valence-electron chi connectivity index (χ1n) is 10.7. The molecule has 0 radical (unpaired) electrons. The molecule has 0 atom stereocenters. The zero-order chi connectivity index (χ0) is 23.1. The molecule has 5 aromatic heterocycles.